The van der Waals surface area contributed by atoms with Gasteiger partial charge in [-0.3, -0.25) is 9.59 Å². The van der Waals surface area contributed by atoms with Crippen molar-refractivity contribution in [2.24, 2.45) is 5.92 Å². The molecule has 0 aromatic carbocycles. The van der Waals surface area contributed by atoms with Crippen LogP contribution in [0.25, 0.3) is 0 Å². The number of amides is 2. The zero-order valence-electron chi connectivity index (χ0n) is 12.4. The largest absolute Gasteiger partial charge is 0.342 e. The van der Waals surface area contributed by atoms with E-state index in [0.29, 0.717) is 5.92 Å². The Bertz CT molecular complexity index is 508. The van der Waals surface area contributed by atoms with Gasteiger partial charge in [0.15, 0.2) is 0 Å². The molecule has 2 amide bonds. The highest BCUT2D eigenvalue weighted by Gasteiger charge is 2.40. The second kappa shape index (κ2) is 6.18. The van der Waals surface area contributed by atoms with E-state index in [1.807, 2.05) is 24.4 Å². The number of hydrogen-bond donors (Lipinski definition) is 1. The Hall–Kier alpha value is -1.36. The molecule has 1 saturated heterocycles. The summed E-state index contributed by atoms with van der Waals surface area (Å²) in [6.07, 6.45) is 5.70. The smallest absolute Gasteiger partial charge is 0.246 e. The third kappa shape index (κ3) is 2.98. The van der Waals surface area contributed by atoms with Gasteiger partial charge in [-0.25, -0.2) is 0 Å². The third-order valence-corrected chi connectivity index (χ3v) is 5.77. The van der Waals surface area contributed by atoms with Crippen LogP contribution in [0.4, 0.5) is 0 Å². The van der Waals surface area contributed by atoms with Crippen molar-refractivity contribution in [3.63, 3.8) is 0 Å². The maximum absolute atomic E-state index is 12.8. The van der Waals surface area contributed by atoms with E-state index in [2.05, 4.69) is 5.32 Å². The Morgan fingerprint density at radius 1 is 1.29 bits per heavy atom. The Balaban J connectivity index is 1.77. The van der Waals surface area contributed by atoms with Crippen molar-refractivity contribution < 1.29 is 9.59 Å². The summed E-state index contributed by atoms with van der Waals surface area (Å²) in [5.41, 5.74) is 0. The van der Waals surface area contributed by atoms with Crippen LogP contribution in [-0.2, 0) is 9.59 Å². The molecule has 2 fully saturated rings. The van der Waals surface area contributed by atoms with E-state index in [9.17, 15) is 9.59 Å². The summed E-state index contributed by atoms with van der Waals surface area (Å²) < 4.78 is 0. The second-order valence-electron chi connectivity index (χ2n) is 6.10. The highest BCUT2D eigenvalue weighted by atomic mass is 32.1. The van der Waals surface area contributed by atoms with Gasteiger partial charge >= 0.3 is 0 Å². The van der Waals surface area contributed by atoms with Crippen molar-refractivity contribution >= 4 is 23.2 Å². The van der Waals surface area contributed by atoms with E-state index in [-0.39, 0.29) is 30.4 Å². The van der Waals surface area contributed by atoms with Crippen LogP contribution >= 0.6 is 11.3 Å². The fraction of sp³-hybridized carbons (Fsp3) is 0.625. The molecular formula is C16H22N2O2S. The second-order valence-corrected chi connectivity index (χ2v) is 7.08. The number of thiophene rings is 1. The zero-order valence-corrected chi connectivity index (χ0v) is 13.2. The molecule has 1 aliphatic carbocycles. The number of piperazine rings is 1. The van der Waals surface area contributed by atoms with Crippen LogP contribution in [0.2, 0.25) is 0 Å². The van der Waals surface area contributed by atoms with E-state index in [1.54, 1.807) is 16.2 Å². The van der Waals surface area contributed by atoms with Gasteiger partial charge in [-0.1, -0.05) is 25.3 Å². The average Bonchev–Trinajstić information content (AvgIpc) is 3.04. The van der Waals surface area contributed by atoms with Crippen molar-refractivity contribution in [2.75, 3.05) is 6.54 Å². The predicted octanol–water partition coefficient (Wildman–Crippen LogP) is 2.72. The van der Waals surface area contributed by atoms with E-state index < -0.39 is 0 Å². The minimum Gasteiger partial charge on any atom is -0.342 e. The Morgan fingerprint density at radius 3 is 2.71 bits per heavy atom. The first kappa shape index (κ1) is 14.6. The number of carbonyl (C=O) groups excluding carboxylic acids is 2. The molecule has 4 nitrogen and oxygen atoms in total. The monoisotopic (exact) mass is 306 g/mol. The Labute approximate surface area is 129 Å². The first-order valence-electron chi connectivity index (χ1n) is 7.80. The van der Waals surface area contributed by atoms with Gasteiger partial charge in [0, 0.05) is 4.88 Å². The van der Waals surface area contributed by atoms with Crippen LogP contribution in [0.15, 0.2) is 17.5 Å². The van der Waals surface area contributed by atoms with Crippen molar-refractivity contribution in [3.05, 3.63) is 22.4 Å². The molecule has 0 bridgehead atoms. The third-order valence-electron chi connectivity index (χ3n) is 4.72. The summed E-state index contributed by atoms with van der Waals surface area (Å²) in [6, 6.07) is 3.69. The van der Waals surface area contributed by atoms with Gasteiger partial charge in [-0.15, -0.1) is 11.3 Å². The lowest BCUT2D eigenvalue weighted by Crippen LogP contribution is -2.61. The molecule has 1 aromatic rings. The van der Waals surface area contributed by atoms with E-state index >= 15 is 0 Å². The molecule has 1 aromatic heterocycles. The van der Waals surface area contributed by atoms with Gasteiger partial charge in [0.1, 0.15) is 12.6 Å². The molecule has 114 valence electrons. The number of hydrogen-bond acceptors (Lipinski definition) is 3. The van der Waals surface area contributed by atoms with Crippen LogP contribution in [-0.4, -0.2) is 29.3 Å². The van der Waals surface area contributed by atoms with Crippen LogP contribution in [0.1, 0.15) is 49.9 Å². The topological polar surface area (TPSA) is 49.4 Å². The number of carbonyl (C=O) groups is 2. The average molecular weight is 306 g/mol. The van der Waals surface area contributed by atoms with Crippen LogP contribution < -0.4 is 5.32 Å². The van der Waals surface area contributed by atoms with Gasteiger partial charge in [-0.05, 0) is 37.1 Å². The summed E-state index contributed by atoms with van der Waals surface area (Å²) in [5.74, 6) is 0.393. The predicted molar refractivity (Wildman–Crippen MR) is 83.0 cm³/mol. The van der Waals surface area contributed by atoms with Crippen molar-refractivity contribution in [1.82, 2.24) is 10.2 Å². The SMILES string of the molecule is CC(c1cccs1)N1CC(=O)NC(C2CCCCC2)C1=O. The molecule has 2 unspecified atom stereocenters. The lowest BCUT2D eigenvalue weighted by atomic mass is 9.82. The highest BCUT2D eigenvalue weighted by Crippen LogP contribution is 2.31. The highest BCUT2D eigenvalue weighted by molar-refractivity contribution is 7.10. The summed E-state index contributed by atoms with van der Waals surface area (Å²) in [6.45, 7) is 2.20. The fourth-order valence-electron chi connectivity index (χ4n) is 3.49. The van der Waals surface area contributed by atoms with E-state index in [4.69, 9.17) is 0 Å². The normalized spacial score (nSPS) is 25.8. The van der Waals surface area contributed by atoms with Gasteiger partial charge in [0.05, 0.1) is 6.04 Å². The van der Waals surface area contributed by atoms with Gasteiger partial charge in [-0.2, -0.15) is 0 Å². The van der Waals surface area contributed by atoms with E-state index in [1.165, 1.54) is 19.3 Å². The molecule has 0 radical (unpaired) electrons. The van der Waals surface area contributed by atoms with E-state index in [0.717, 1.165) is 17.7 Å². The molecule has 1 N–H and O–H groups in total. The Kier molecular flexibility index (Phi) is 4.29. The first-order chi connectivity index (χ1) is 10.2. The van der Waals surface area contributed by atoms with Gasteiger partial charge in [0.25, 0.3) is 0 Å². The lowest BCUT2D eigenvalue weighted by molar-refractivity contribution is -0.148. The van der Waals surface area contributed by atoms with Gasteiger partial charge in [0.2, 0.25) is 11.8 Å². The maximum Gasteiger partial charge on any atom is 0.246 e. The zero-order chi connectivity index (χ0) is 14.8. The van der Waals surface area contributed by atoms with Crippen molar-refractivity contribution in [2.45, 2.75) is 51.1 Å². The number of nitrogens with one attached hydrogen (secondary N) is 1. The minimum absolute atomic E-state index is 0.0189. The summed E-state index contributed by atoms with van der Waals surface area (Å²) >= 11 is 1.64. The molecule has 2 aliphatic rings. The lowest BCUT2D eigenvalue weighted by Gasteiger charge is -2.40. The molecule has 1 saturated carbocycles. The first-order valence-corrected chi connectivity index (χ1v) is 8.68. The van der Waals surface area contributed by atoms with Crippen LogP contribution in [0.5, 0.6) is 0 Å². The molecule has 21 heavy (non-hydrogen) atoms. The molecule has 5 heteroatoms. The van der Waals surface area contributed by atoms with Crippen molar-refractivity contribution in [1.29, 1.82) is 0 Å². The number of rotatable bonds is 3. The standard InChI is InChI=1S/C16H22N2O2S/c1-11(13-8-5-9-21-13)18-10-14(19)17-15(16(18)20)12-6-3-2-4-7-12/h5,8-9,11-12,15H,2-4,6-7,10H2,1H3,(H,17,19). The minimum atomic E-state index is -0.311. The fourth-order valence-corrected chi connectivity index (χ4v) is 4.29. The number of nitrogens with zero attached hydrogens (tertiary/aromatic N) is 1. The molecule has 2 atom stereocenters. The van der Waals surface area contributed by atoms with Crippen LogP contribution in [0.3, 0.4) is 0 Å². The summed E-state index contributed by atoms with van der Waals surface area (Å²) in [4.78, 5) is 27.8. The van der Waals surface area contributed by atoms with Gasteiger partial charge < -0.3 is 10.2 Å². The van der Waals surface area contributed by atoms with Crippen molar-refractivity contribution in [3.8, 4) is 0 Å². The molecular weight excluding hydrogens is 284 g/mol. The summed E-state index contributed by atoms with van der Waals surface area (Å²) in [5, 5.41) is 4.95. The van der Waals surface area contributed by atoms with Crippen LogP contribution in [0, 0.1) is 5.92 Å². The quantitative estimate of drug-likeness (QED) is 0.933. The molecule has 3 rings (SSSR count). The molecule has 0 spiro atoms. The Morgan fingerprint density at radius 2 is 2.05 bits per heavy atom. The maximum atomic E-state index is 12.8. The molecule has 2 heterocycles. The molecule has 1 aliphatic heterocycles. The summed E-state index contributed by atoms with van der Waals surface area (Å²) in [7, 11) is 0.